The van der Waals surface area contributed by atoms with Crippen LogP contribution in [0.2, 0.25) is 5.02 Å². The zero-order valence-electron chi connectivity index (χ0n) is 12.4. The van der Waals surface area contributed by atoms with E-state index in [9.17, 15) is 4.79 Å². The van der Waals surface area contributed by atoms with Crippen molar-refractivity contribution in [3.8, 4) is 11.6 Å². The van der Waals surface area contributed by atoms with Crippen LogP contribution < -0.4 is 10.1 Å². The van der Waals surface area contributed by atoms with Gasteiger partial charge in [-0.1, -0.05) is 35.9 Å². The van der Waals surface area contributed by atoms with Gasteiger partial charge >= 0.3 is 0 Å². The van der Waals surface area contributed by atoms with Gasteiger partial charge in [0.15, 0.2) is 0 Å². The number of amides is 1. The van der Waals surface area contributed by atoms with E-state index in [0.717, 1.165) is 0 Å². The number of halogens is 1. The summed E-state index contributed by atoms with van der Waals surface area (Å²) in [7, 11) is 1.73. The number of aromatic nitrogens is 2. The van der Waals surface area contributed by atoms with Crippen LogP contribution in [-0.2, 0) is 7.05 Å². The first-order valence-corrected chi connectivity index (χ1v) is 7.33. The van der Waals surface area contributed by atoms with E-state index in [4.69, 9.17) is 16.3 Å². The molecule has 0 aliphatic heterocycles. The number of anilines is 1. The third-order valence-electron chi connectivity index (χ3n) is 3.08. The van der Waals surface area contributed by atoms with Crippen molar-refractivity contribution in [2.45, 2.75) is 0 Å². The number of nitrogens with one attached hydrogen (secondary N) is 1. The molecule has 6 heteroatoms. The lowest BCUT2D eigenvalue weighted by molar-refractivity contribution is 0.102. The Balaban J connectivity index is 1.84. The average Bonchev–Trinajstić information content (AvgIpc) is 2.89. The molecule has 3 aromatic rings. The Hall–Kier alpha value is -2.79. The second-order valence-electron chi connectivity index (χ2n) is 4.90. The predicted molar refractivity (Wildman–Crippen MR) is 89.1 cm³/mol. The van der Waals surface area contributed by atoms with Crippen molar-refractivity contribution < 1.29 is 9.53 Å². The van der Waals surface area contributed by atoms with Gasteiger partial charge in [-0.05, 0) is 30.3 Å². The highest BCUT2D eigenvalue weighted by atomic mass is 35.5. The zero-order chi connectivity index (χ0) is 16.2. The van der Waals surface area contributed by atoms with Crippen LogP contribution in [0.15, 0.2) is 60.8 Å². The van der Waals surface area contributed by atoms with Crippen molar-refractivity contribution in [3.05, 3.63) is 71.4 Å². The molecule has 1 amide bonds. The maximum absolute atomic E-state index is 12.4. The summed E-state index contributed by atoms with van der Waals surface area (Å²) < 4.78 is 7.22. The van der Waals surface area contributed by atoms with Crippen molar-refractivity contribution in [2.75, 3.05) is 5.32 Å². The number of nitrogens with zero attached hydrogens (tertiary/aromatic N) is 2. The molecular formula is C17H14ClN3O2. The largest absolute Gasteiger partial charge is 0.437 e. The second-order valence-corrected chi connectivity index (χ2v) is 5.34. The highest BCUT2D eigenvalue weighted by molar-refractivity contribution is 6.30. The third-order valence-corrected chi connectivity index (χ3v) is 3.32. The van der Waals surface area contributed by atoms with Gasteiger partial charge in [-0.3, -0.25) is 9.48 Å². The molecule has 0 unspecified atom stereocenters. The molecule has 0 aliphatic rings. The third kappa shape index (κ3) is 3.70. The lowest BCUT2D eigenvalue weighted by atomic mass is 10.2. The Morgan fingerprint density at radius 1 is 1.17 bits per heavy atom. The molecule has 5 nitrogen and oxygen atoms in total. The summed E-state index contributed by atoms with van der Waals surface area (Å²) in [6.45, 7) is 0. The number of carbonyl (C=O) groups excluding carboxylic acids is 1. The molecule has 1 aromatic heterocycles. The zero-order valence-corrected chi connectivity index (χ0v) is 13.1. The molecule has 1 heterocycles. The van der Waals surface area contributed by atoms with E-state index in [1.165, 1.54) is 4.68 Å². The average molecular weight is 328 g/mol. The summed E-state index contributed by atoms with van der Waals surface area (Å²) >= 11 is 5.94. The Morgan fingerprint density at radius 3 is 2.70 bits per heavy atom. The first-order valence-electron chi connectivity index (χ1n) is 6.95. The smallest absolute Gasteiger partial charge is 0.262 e. The fraction of sp³-hybridized carbons (Fsp3) is 0.0588. The van der Waals surface area contributed by atoms with Gasteiger partial charge in [-0.25, -0.2) is 0 Å². The van der Waals surface area contributed by atoms with Crippen LogP contribution in [0.3, 0.4) is 0 Å². The summed E-state index contributed by atoms with van der Waals surface area (Å²) in [5.41, 5.74) is 1.05. The van der Waals surface area contributed by atoms with Crippen LogP contribution in [-0.4, -0.2) is 15.7 Å². The Bertz CT molecular complexity index is 831. The van der Waals surface area contributed by atoms with E-state index in [-0.39, 0.29) is 11.8 Å². The number of rotatable bonds is 4. The van der Waals surface area contributed by atoms with Gasteiger partial charge in [-0.2, -0.15) is 0 Å². The molecule has 116 valence electrons. The molecule has 3 rings (SSSR count). The van der Waals surface area contributed by atoms with Gasteiger partial charge in [0.25, 0.3) is 11.8 Å². The van der Waals surface area contributed by atoms with Gasteiger partial charge in [0.1, 0.15) is 11.3 Å². The molecule has 2 aromatic carbocycles. The quantitative estimate of drug-likeness (QED) is 0.784. The van der Waals surface area contributed by atoms with Crippen LogP contribution in [0.4, 0.5) is 5.69 Å². The van der Waals surface area contributed by atoms with E-state index in [1.807, 2.05) is 30.3 Å². The highest BCUT2D eigenvalue weighted by Crippen LogP contribution is 2.26. The molecule has 0 bridgehead atoms. The number of hydrogen-bond donors (Lipinski definition) is 1. The molecule has 0 fully saturated rings. The van der Waals surface area contributed by atoms with Crippen LogP contribution in [0.1, 0.15) is 10.4 Å². The standard InChI is InChI=1S/C17H14ClN3O2/c1-21-11-15(16(22)19-13-7-3-2-4-8-13)17(20-21)23-14-9-5-6-12(18)10-14/h2-11H,1H3,(H,19,22). The lowest BCUT2D eigenvalue weighted by Gasteiger charge is -2.06. The number of benzene rings is 2. The molecule has 0 saturated carbocycles. The summed E-state index contributed by atoms with van der Waals surface area (Å²) in [6, 6.07) is 16.1. The maximum atomic E-state index is 12.4. The van der Waals surface area contributed by atoms with E-state index in [2.05, 4.69) is 10.4 Å². The molecular weight excluding hydrogens is 314 g/mol. The van der Waals surface area contributed by atoms with E-state index in [0.29, 0.717) is 22.0 Å². The Morgan fingerprint density at radius 2 is 1.96 bits per heavy atom. The first kappa shape index (κ1) is 15.1. The number of carbonyl (C=O) groups is 1. The monoisotopic (exact) mass is 327 g/mol. The number of aryl methyl sites for hydroxylation is 1. The normalized spacial score (nSPS) is 10.3. The van der Waals surface area contributed by atoms with Gasteiger partial charge in [-0.15, -0.1) is 5.10 Å². The summed E-state index contributed by atoms with van der Waals surface area (Å²) in [4.78, 5) is 12.4. The first-order chi connectivity index (χ1) is 11.1. The number of para-hydroxylation sites is 1. The number of ether oxygens (including phenoxy) is 1. The van der Waals surface area contributed by atoms with Crippen molar-refractivity contribution in [1.29, 1.82) is 0 Å². The van der Waals surface area contributed by atoms with Crippen molar-refractivity contribution >= 4 is 23.2 Å². The molecule has 0 aliphatic carbocycles. The minimum absolute atomic E-state index is 0.225. The van der Waals surface area contributed by atoms with Gasteiger partial charge in [0.05, 0.1) is 0 Å². The van der Waals surface area contributed by atoms with E-state index in [1.54, 1.807) is 37.5 Å². The summed E-state index contributed by atoms with van der Waals surface area (Å²) in [6.07, 6.45) is 1.61. The molecule has 0 atom stereocenters. The van der Waals surface area contributed by atoms with Gasteiger partial charge < -0.3 is 10.1 Å². The van der Waals surface area contributed by atoms with Crippen molar-refractivity contribution in [3.63, 3.8) is 0 Å². The summed E-state index contributed by atoms with van der Waals surface area (Å²) in [5.74, 6) is 0.453. The van der Waals surface area contributed by atoms with Crippen molar-refractivity contribution in [2.24, 2.45) is 7.05 Å². The van der Waals surface area contributed by atoms with E-state index < -0.39 is 0 Å². The van der Waals surface area contributed by atoms with Crippen LogP contribution in [0.25, 0.3) is 0 Å². The van der Waals surface area contributed by atoms with Gasteiger partial charge in [0.2, 0.25) is 0 Å². The molecule has 0 radical (unpaired) electrons. The summed E-state index contributed by atoms with van der Waals surface area (Å²) in [5, 5.41) is 7.55. The number of hydrogen-bond acceptors (Lipinski definition) is 3. The minimum Gasteiger partial charge on any atom is -0.437 e. The Labute approximate surface area is 138 Å². The van der Waals surface area contributed by atoms with Gasteiger partial charge in [0, 0.05) is 24.0 Å². The topological polar surface area (TPSA) is 56.2 Å². The lowest BCUT2D eigenvalue weighted by Crippen LogP contribution is -2.12. The minimum atomic E-state index is -0.290. The highest BCUT2D eigenvalue weighted by Gasteiger charge is 2.18. The predicted octanol–water partition coefficient (Wildman–Crippen LogP) is 4.12. The Kier molecular flexibility index (Phi) is 4.30. The molecule has 1 N–H and O–H groups in total. The SMILES string of the molecule is Cn1cc(C(=O)Nc2ccccc2)c(Oc2cccc(Cl)c2)n1. The van der Waals surface area contributed by atoms with Crippen LogP contribution >= 0.6 is 11.6 Å². The van der Waals surface area contributed by atoms with Crippen molar-refractivity contribution in [1.82, 2.24) is 9.78 Å². The molecule has 0 spiro atoms. The maximum Gasteiger partial charge on any atom is 0.262 e. The fourth-order valence-corrected chi connectivity index (χ4v) is 2.24. The second kappa shape index (κ2) is 6.54. The van der Waals surface area contributed by atoms with Crippen LogP contribution in [0.5, 0.6) is 11.6 Å². The molecule has 23 heavy (non-hydrogen) atoms. The van der Waals surface area contributed by atoms with E-state index >= 15 is 0 Å². The van der Waals surface area contributed by atoms with Crippen LogP contribution in [0, 0.1) is 0 Å². The molecule has 0 saturated heterocycles. The fourth-order valence-electron chi connectivity index (χ4n) is 2.06.